The number of aryl methyl sites for hydroxylation is 1. The first kappa shape index (κ1) is 42.2. The first-order valence-corrected chi connectivity index (χ1v) is 28.6. The predicted molar refractivity (Wildman–Crippen MR) is 323 cm³/mol. The summed E-state index contributed by atoms with van der Waals surface area (Å²) in [5, 5.41) is 13.5. The van der Waals surface area contributed by atoms with E-state index >= 15 is 0 Å². The van der Waals surface area contributed by atoms with Gasteiger partial charge in [0.15, 0.2) is 8.07 Å². The zero-order valence-corrected chi connectivity index (χ0v) is 42.6. The largest absolute Gasteiger partial charge is 0.458 e. The minimum Gasteiger partial charge on any atom is -0.458 e. The van der Waals surface area contributed by atoms with Gasteiger partial charge in [0.25, 0.3) is 13.4 Å². The highest BCUT2D eigenvalue weighted by Crippen LogP contribution is 2.49. The molecule has 0 fully saturated rings. The van der Waals surface area contributed by atoms with Gasteiger partial charge >= 0.3 is 0 Å². The first-order valence-electron chi connectivity index (χ1n) is 26.6. The van der Waals surface area contributed by atoms with E-state index in [1.54, 1.807) is 0 Å². The lowest BCUT2D eigenvalue weighted by atomic mass is 9.32. The summed E-state index contributed by atoms with van der Waals surface area (Å²) in [5.74, 6) is 3.70. The van der Waals surface area contributed by atoms with Crippen LogP contribution in [0.2, 0.25) is 0 Å². The van der Waals surface area contributed by atoms with E-state index in [0.29, 0.717) is 0 Å². The second-order valence-corrected chi connectivity index (χ2v) is 25.1. The summed E-state index contributed by atoms with van der Waals surface area (Å²) in [6, 6.07) is 93.7. The molecular formula is C71H44B2O2Si. The molecule has 0 spiro atoms. The summed E-state index contributed by atoms with van der Waals surface area (Å²) in [6.07, 6.45) is 0. The van der Waals surface area contributed by atoms with Crippen LogP contribution in [0.5, 0.6) is 23.0 Å². The Hall–Kier alpha value is -9.15. The van der Waals surface area contributed by atoms with E-state index < -0.39 is 8.07 Å². The van der Waals surface area contributed by atoms with Gasteiger partial charge in [-0.15, -0.1) is 0 Å². The lowest BCUT2D eigenvalue weighted by Crippen LogP contribution is -2.75. The molecule has 0 atom stereocenters. The number of para-hydroxylation sites is 2. The van der Waals surface area contributed by atoms with Crippen molar-refractivity contribution in [2.45, 2.75) is 6.92 Å². The molecule has 0 bridgehead atoms. The molecule has 17 rings (SSSR count). The molecule has 13 aromatic rings. The maximum atomic E-state index is 7.15. The summed E-state index contributed by atoms with van der Waals surface area (Å²) < 4.78 is 14.3. The second-order valence-electron chi connectivity index (χ2n) is 21.3. The SMILES string of the molecule is Cc1cc2c3c(cc4c([Si](c5ccccc5)(c5ccccc5)c5ccccc5)cc5c6c(cc1c3c46)B1c3ccccc3Oc3cc(-c4ccccc4)cc-5c31)B1c3ccccc3Oc3cc(-c4ccccc4)cc-2c31. The number of hydrogen-bond donors (Lipinski definition) is 0. The van der Waals surface area contributed by atoms with Crippen LogP contribution < -0.4 is 63.0 Å². The monoisotopic (exact) mass is 978 g/mol. The topological polar surface area (TPSA) is 18.5 Å². The van der Waals surface area contributed by atoms with Gasteiger partial charge in [0.1, 0.15) is 23.0 Å². The van der Waals surface area contributed by atoms with Gasteiger partial charge < -0.3 is 9.47 Å². The van der Waals surface area contributed by atoms with E-state index in [4.69, 9.17) is 9.47 Å². The van der Waals surface area contributed by atoms with Crippen LogP contribution in [-0.4, -0.2) is 21.5 Å². The molecule has 0 aliphatic carbocycles. The molecule has 0 unspecified atom stereocenters. The number of benzene rings is 13. The number of fused-ring (bicyclic) bond motifs is 8. The molecule has 0 saturated carbocycles. The molecule has 0 radical (unpaired) electrons. The minimum absolute atomic E-state index is 0.0466. The third-order valence-corrected chi connectivity index (χ3v) is 22.4. The van der Waals surface area contributed by atoms with Crippen LogP contribution in [0.15, 0.2) is 249 Å². The average molecular weight is 979 g/mol. The first-order chi connectivity index (χ1) is 37.6. The molecule has 13 aromatic carbocycles. The number of ether oxygens (including phenoxy) is 2. The molecule has 0 aromatic heterocycles. The smallest absolute Gasteiger partial charge is 0.252 e. The van der Waals surface area contributed by atoms with Crippen LogP contribution in [0.1, 0.15) is 5.56 Å². The number of hydrogen-bond acceptors (Lipinski definition) is 2. The van der Waals surface area contributed by atoms with Crippen LogP contribution in [0.3, 0.4) is 0 Å². The van der Waals surface area contributed by atoms with Crippen molar-refractivity contribution in [1.82, 2.24) is 0 Å². The van der Waals surface area contributed by atoms with Gasteiger partial charge in [0, 0.05) is 0 Å². The number of rotatable bonds is 6. The Bertz CT molecular complexity index is 4490. The van der Waals surface area contributed by atoms with E-state index in [2.05, 4.69) is 256 Å². The van der Waals surface area contributed by atoms with Crippen molar-refractivity contribution in [3.8, 4) is 67.5 Å². The maximum absolute atomic E-state index is 7.15. The summed E-state index contributed by atoms with van der Waals surface area (Å²) in [4.78, 5) is 0. The van der Waals surface area contributed by atoms with Crippen molar-refractivity contribution in [3.63, 3.8) is 0 Å². The van der Waals surface area contributed by atoms with E-state index in [1.165, 1.54) is 125 Å². The Morgan fingerprint density at radius 2 is 0.697 bits per heavy atom. The summed E-state index contributed by atoms with van der Waals surface area (Å²) in [7, 11) is -3.23. The quantitative estimate of drug-likeness (QED) is 0.0939. The molecular weight excluding hydrogens is 934 g/mol. The predicted octanol–water partition coefficient (Wildman–Crippen LogP) is 10.8. The van der Waals surface area contributed by atoms with E-state index in [9.17, 15) is 0 Å². The highest BCUT2D eigenvalue weighted by Gasteiger charge is 2.48. The van der Waals surface area contributed by atoms with Crippen LogP contribution in [0, 0.1) is 6.92 Å². The molecule has 350 valence electrons. The third kappa shape index (κ3) is 5.62. The summed E-state index contributed by atoms with van der Waals surface area (Å²) in [5.41, 5.74) is 18.5. The summed E-state index contributed by atoms with van der Waals surface area (Å²) >= 11 is 0. The van der Waals surface area contributed by atoms with E-state index in [1.807, 2.05) is 0 Å². The van der Waals surface area contributed by atoms with E-state index in [0.717, 1.165) is 34.1 Å². The van der Waals surface area contributed by atoms with Gasteiger partial charge in [-0.3, -0.25) is 0 Å². The Morgan fingerprint density at radius 3 is 1.17 bits per heavy atom. The Morgan fingerprint density at radius 1 is 0.303 bits per heavy atom. The molecule has 4 aliphatic rings. The molecule has 4 aliphatic heterocycles. The van der Waals surface area contributed by atoms with Gasteiger partial charge in [-0.2, -0.15) is 0 Å². The third-order valence-electron chi connectivity index (χ3n) is 17.6. The second kappa shape index (κ2) is 15.7. The van der Waals surface area contributed by atoms with Crippen molar-refractivity contribution < 1.29 is 9.47 Å². The molecule has 0 amide bonds. The highest BCUT2D eigenvalue weighted by atomic mass is 28.3. The van der Waals surface area contributed by atoms with Crippen LogP contribution in [0.4, 0.5) is 0 Å². The Labute approximate surface area is 443 Å². The fourth-order valence-electron chi connectivity index (χ4n) is 14.5. The Balaban J connectivity index is 1.12. The lowest BCUT2D eigenvalue weighted by Gasteiger charge is -2.40. The average Bonchev–Trinajstić information content (AvgIpc) is 3.18. The molecule has 2 nitrogen and oxygen atoms in total. The maximum Gasteiger partial charge on any atom is 0.252 e. The molecule has 5 heteroatoms. The van der Waals surface area contributed by atoms with Gasteiger partial charge in [-0.25, -0.2) is 0 Å². The summed E-state index contributed by atoms with van der Waals surface area (Å²) in [6.45, 7) is 2.24. The fourth-order valence-corrected chi connectivity index (χ4v) is 19.5. The van der Waals surface area contributed by atoms with Crippen molar-refractivity contribution in [2.75, 3.05) is 0 Å². The van der Waals surface area contributed by atoms with Crippen molar-refractivity contribution >= 4 is 107 Å². The van der Waals surface area contributed by atoms with Gasteiger partial charge in [0.2, 0.25) is 0 Å². The van der Waals surface area contributed by atoms with Gasteiger partial charge in [-0.05, 0) is 168 Å². The van der Waals surface area contributed by atoms with Gasteiger partial charge in [-0.1, -0.05) is 223 Å². The molecule has 4 heterocycles. The van der Waals surface area contributed by atoms with Crippen molar-refractivity contribution in [1.29, 1.82) is 0 Å². The standard InChI is InChI=1S/C71H44B2O2Si/c1-43-35-52-54-36-46(44-21-7-2-8-22-44)38-63-70(54)73(58-32-18-20-34-62(58)74-63)60-41-56-65(76(48-25-11-4-12-26-48,49-27-13-5-14-28-49)50-29-15-6-16-30-50)42-53-55-37-47(45-23-9-3-10-24-45)39-64-71(55)72(57-31-17-19-33-61(57)75-64)59-40-51(43)68(66(52)60)69(56)67(53)59/h2-42H,1H3. The lowest BCUT2D eigenvalue weighted by molar-refractivity contribution is 0.487. The highest BCUT2D eigenvalue weighted by molar-refractivity contribution is 7.21. The van der Waals surface area contributed by atoms with E-state index in [-0.39, 0.29) is 13.4 Å². The molecule has 0 saturated heterocycles. The van der Waals surface area contributed by atoms with Gasteiger partial charge in [0.05, 0.1) is 0 Å². The van der Waals surface area contributed by atoms with Crippen molar-refractivity contribution in [3.05, 3.63) is 254 Å². The fraction of sp³-hybridized carbons (Fsp3) is 0.0141. The zero-order chi connectivity index (χ0) is 49.8. The van der Waals surface area contributed by atoms with Crippen LogP contribution in [0.25, 0.3) is 76.8 Å². The molecule has 76 heavy (non-hydrogen) atoms. The minimum atomic E-state index is -3.23. The van der Waals surface area contributed by atoms with Crippen LogP contribution >= 0.6 is 0 Å². The zero-order valence-electron chi connectivity index (χ0n) is 41.6. The van der Waals surface area contributed by atoms with Crippen molar-refractivity contribution in [2.24, 2.45) is 0 Å². The molecule has 0 N–H and O–H groups in total. The Kier molecular flexibility index (Phi) is 8.72. The van der Waals surface area contributed by atoms with Crippen LogP contribution in [-0.2, 0) is 0 Å². The normalized spacial score (nSPS) is 13.2.